The van der Waals surface area contributed by atoms with E-state index in [-0.39, 0.29) is 0 Å². The number of benzene rings is 3. The molecule has 0 radical (unpaired) electrons. The van der Waals surface area contributed by atoms with Crippen molar-refractivity contribution in [3.63, 3.8) is 0 Å². The van der Waals surface area contributed by atoms with E-state index in [0.29, 0.717) is 0 Å². The zero-order chi connectivity index (χ0) is 24.3. The maximum Gasteiger partial charge on any atom is 0.0945 e. The van der Waals surface area contributed by atoms with Crippen LogP contribution in [-0.4, -0.2) is 23.6 Å². The van der Waals surface area contributed by atoms with Crippen molar-refractivity contribution in [1.82, 2.24) is 9.88 Å². The Morgan fingerprint density at radius 1 is 0.765 bits per heavy atom. The Balaban J connectivity index is 1.71. The molecule has 0 aliphatic carbocycles. The van der Waals surface area contributed by atoms with Crippen LogP contribution in [0.4, 0.5) is 5.69 Å². The lowest BCUT2D eigenvalue weighted by molar-refractivity contribution is 0.496. The molecule has 5 rings (SSSR count). The minimum atomic E-state index is 0.829. The fraction of sp³-hybridized carbons (Fsp3) is 0.300. The highest BCUT2D eigenvalue weighted by Gasteiger charge is 2.27. The fourth-order valence-corrected chi connectivity index (χ4v) is 6.69. The lowest BCUT2D eigenvalue weighted by Gasteiger charge is -2.26. The van der Waals surface area contributed by atoms with E-state index in [1.165, 1.54) is 66.2 Å². The van der Waals surface area contributed by atoms with Gasteiger partial charge in [0.2, 0.25) is 0 Å². The molecule has 0 saturated heterocycles. The first-order chi connectivity index (χ1) is 16.1. The van der Waals surface area contributed by atoms with Crippen LogP contribution in [0.25, 0.3) is 27.0 Å². The van der Waals surface area contributed by atoms with Gasteiger partial charge in [-0.1, -0.05) is 41.5 Å². The van der Waals surface area contributed by atoms with Gasteiger partial charge in [0.25, 0.3) is 0 Å². The Morgan fingerprint density at radius 3 is 1.91 bits per heavy atom. The Kier molecular flexibility index (Phi) is 5.52. The molecule has 0 spiro atoms. The highest BCUT2D eigenvalue weighted by Crippen LogP contribution is 2.44. The van der Waals surface area contributed by atoms with Crippen LogP contribution < -0.4 is 4.90 Å². The smallest absolute Gasteiger partial charge is 0.0945 e. The van der Waals surface area contributed by atoms with Gasteiger partial charge in [0.15, 0.2) is 0 Å². The van der Waals surface area contributed by atoms with Gasteiger partial charge in [-0.15, -0.1) is 11.3 Å². The van der Waals surface area contributed by atoms with E-state index >= 15 is 0 Å². The van der Waals surface area contributed by atoms with Crippen LogP contribution in [0.15, 0.2) is 42.6 Å². The van der Waals surface area contributed by atoms with Crippen molar-refractivity contribution in [3.8, 4) is 11.1 Å². The predicted molar refractivity (Wildman–Crippen MR) is 148 cm³/mol. The molecule has 174 valence electrons. The lowest BCUT2D eigenvalue weighted by atomic mass is 9.92. The summed E-state index contributed by atoms with van der Waals surface area (Å²) in [6.07, 6.45) is 2.28. The molecule has 3 aromatic carbocycles. The van der Waals surface area contributed by atoms with Crippen LogP contribution in [0.2, 0.25) is 0 Å². The minimum absolute atomic E-state index is 0.829. The molecule has 3 nitrogen and oxygen atoms in total. The van der Waals surface area contributed by atoms with Gasteiger partial charge in [-0.05, 0) is 82.3 Å². The number of aromatic nitrogens is 1. The van der Waals surface area contributed by atoms with Gasteiger partial charge < -0.3 is 9.80 Å². The summed E-state index contributed by atoms with van der Waals surface area (Å²) in [4.78, 5) is 9.78. The Hall–Kier alpha value is -3.11. The summed E-state index contributed by atoms with van der Waals surface area (Å²) in [6.45, 7) is 16.2. The monoisotopic (exact) mass is 467 g/mol. The zero-order valence-corrected chi connectivity index (χ0v) is 22.3. The quantitative estimate of drug-likeness (QED) is 0.306. The summed E-state index contributed by atoms with van der Waals surface area (Å²) in [7, 11) is 2.15. The number of rotatable bonds is 3. The van der Waals surface area contributed by atoms with Crippen molar-refractivity contribution >= 4 is 32.9 Å². The minimum Gasteiger partial charge on any atom is -0.361 e. The molecule has 34 heavy (non-hydrogen) atoms. The van der Waals surface area contributed by atoms with Gasteiger partial charge in [0, 0.05) is 24.4 Å². The summed E-state index contributed by atoms with van der Waals surface area (Å²) in [6, 6.07) is 13.7. The lowest BCUT2D eigenvalue weighted by Crippen LogP contribution is -2.24. The first kappa shape index (κ1) is 22.7. The highest BCUT2D eigenvalue weighted by atomic mass is 32.1. The molecule has 0 bridgehead atoms. The Morgan fingerprint density at radius 2 is 1.32 bits per heavy atom. The summed E-state index contributed by atoms with van der Waals surface area (Å²) in [5.74, 6) is 0. The molecule has 0 N–H and O–H groups in total. The summed E-state index contributed by atoms with van der Waals surface area (Å²) in [5.41, 5.74) is 15.4. The van der Waals surface area contributed by atoms with E-state index in [0.717, 1.165) is 17.2 Å². The van der Waals surface area contributed by atoms with Crippen LogP contribution in [-0.2, 0) is 0 Å². The molecule has 4 aromatic rings. The number of aryl methyl sites for hydroxylation is 7. The number of anilines is 1. The molecule has 1 aliphatic rings. The summed E-state index contributed by atoms with van der Waals surface area (Å²) >= 11 is 1.80. The molecular formula is C30H33N3S. The Labute approximate surface area is 207 Å². The van der Waals surface area contributed by atoms with Crippen molar-refractivity contribution < 1.29 is 0 Å². The number of hydrogen-bond acceptors (Lipinski definition) is 4. The highest BCUT2D eigenvalue weighted by molar-refractivity contribution is 7.19. The summed E-state index contributed by atoms with van der Waals surface area (Å²) < 4.78 is 1.26. The van der Waals surface area contributed by atoms with E-state index in [9.17, 15) is 0 Å². The molecule has 0 fully saturated rings. The second-order valence-electron chi connectivity index (χ2n) is 9.93. The third kappa shape index (κ3) is 3.70. The molecule has 0 unspecified atom stereocenters. The maximum atomic E-state index is 5.05. The number of thiazole rings is 1. The first-order valence-electron chi connectivity index (χ1n) is 11.9. The van der Waals surface area contributed by atoms with Crippen LogP contribution >= 0.6 is 11.3 Å². The van der Waals surface area contributed by atoms with Crippen LogP contribution in [0.3, 0.4) is 0 Å². The van der Waals surface area contributed by atoms with E-state index in [1.807, 2.05) is 0 Å². The number of fused-ring (bicyclic) bond motifs is 1. The maximum absolute atomic E-state index is 5.05. The van der Waals surface area contributed by atoms with Gasteiger partial charge in [-0.2, -0.15) is 0 Å². The average Bonchev–Trinajstić information content (AvgIpc) is 3.29. The number of nitrogens with zero attached hydrogens (tertiary/aromatic N) is 3. The second-order valence-corrected chi connectivity index (χ2v) is 11.1. The zero-order valence-electron chi connectivity index (χ0n) is 21.5. The first-order valence-corrected chi connectivity index (χ1v) is 12.7. The summed E-state index contributed by atoms with van der Waals surface area (Å²) in [5, 5.41) is 1.10. The van der Waals surface area contributed by atoms with E-state index in [1.54, 1.807) is 11.3 Å². The molecule has 1 aromatic heterocycles. The van der Waals surface area contributed by atoms with Crippen LogP contribution in [0.5, 0.6) is 0 Å². The standard InChI is InChI=1S/C30H33N3S/c1-17-11-19(3)27(20(4)12-17)24-9-10-25(30-29(24)31-23(7)34-30)33-16-32(8)15-26(33)28-21(5)13-18(2)14-22(28)6/h9-15H,16H2,1-8H3. The molecule has 4 heteroatoms. The Bertz CT molecular complexity index is 1430. The molecule has 2 heterocycles. The largest absolute Gasteiger partial charge is 0.361 e. The third-order valence-corrected chi connectivity index (χ3v) is 7.79. The molecule has 1 aliphatic heterocycles. The van der Waals surface area contributed by atoms with Crippen LogP contribution in [0, 0.1) is 48.5 Å². The SMILES string of the molecule is Cc1cc(C)c(C2=CN(C)CN2c2ccc(-c3c(C)cc(C)cc3C)c3nc(C)sc23)c(C)c1. The normalized spacial score (nSPS) is 13.8. The number of hydrogen-bond donors (Lipinski definition) is 0. The van der Waals surface area contributed by atoms with Crippen molar-refractivity contribution in [2.24, 2.45) is 0 Å². The van der Waals surface area contributed by atoms with Crippen molar-refractivity contribution in [2.75, 3.05) is 18.6 Å². The van der Waals surface area contributed by atoms with Gasteiger partial charge in [-0.3, -0.25) is 0 Å². The van der Waals surface area contributed by atoms with Crippen molar-refractivity contribution in [1.29, 1.82) is 0 Å². The molecular weight excluding hydrogens is 434 g/mol. The second kappa shape index (κ2) is 8.28. The third-order valence-electron chi connectivity index (χ3n) is 6.80. The van der Waals surface area contributed by atoms with Gasteiger partial charge in [0.1, 0.15) is 0 Å². The topological polar surface area (TPSA) is 19.4 Å². The van der Waals surface area contributed by atoms with Crippen LogP contribution in [0.1, 0.15) is 44.0 Å². The van der Waals surface area contributed by atoms with Crippen molar-refractivity contribution in [2.45, 2.75) is 48.5 Å². The van der Waals surface area contributed by atoms with Crippen molar-refractivity contribution in [3.05, 3.63) is 86.5 Å². The average molecular weight is 468 g/mol. The van der Waals surface area contributed by atoms with Gasteiger partial charge in [-0.25, -0.2) is 4.98 Å². The predicted octanol–water partition coefficient (Wildman–Crippen LogP) is 7.83. The van der Waals surface area contributed by atoms with E-state index in [4.69, 9.17) is 4.98 Å². The van der Waals surface area contributed by atoms with Gasteiger partial charge in [0.05, 0.1) is 33.3 Å². The van der Waals surface area contributed by atoms with E-state index in [2.05, 4.69) is 108 Å². The molecule has 0 amide bonds. The van der Waals surface area contributed by atoms with Gasteiger partial charge >= 0.3 is 0 Å². The molecule has 0 atom stereocenters. The fourth-order valence-electron chi connectivity index (χ4n) is 5.73. The van der Waals surface area contributed by atoms with E-state index < -0.39 is 0 Å². The molecule has 0 saturated carbocycles.